The molecule has 0 aromatic carbocycles. The highest BCUT2D eigenvalue weighted by Crippen LogP contribution is 2.31. The molecule has 25 heavy (non-hydrogen) atoms. The van der Waals surface area contributed by atoms with Crippen molar-refractivity contribution in [2.75, 3.05) is 18.0 Å². The van der Waals surface area contributed by atoms with Crippen LogP contribution in [-0.2, 0) is 14.3 Å². The highest BCUT2D eigenvalue weighted by molar-refractivity contribution is 7.20. The number of nitrogens with zero attached hydrogens (tertiary/aromatic N) is 1. The Bertz CT molecular complexity index is 525. The first kappa shape index (κ1) is 21.9. The molecule has 1 aliphatic heterocycles. The molecule has 7 heteroatoms. The molecule has 2 rings (SSSR count). The van der Waals surface area contributed by atoms with Crippen LogP contribution in [0.15, 0.2) is 12.1 Å². The second kappa shape index (κ2) is 10.8. The first-order chi connectivity index (χ1) is 11.8. The maximum Gasteiger partial charge on any atom is 0.293 e. The Hall–Kier alpha value is -1.11. The van der Waals surface area contributed by atoms with E-state index in [-0.39, 0.29) is 11.6 Å². The van der Waals surface area contributed by atoms with Gasteiger partial charge in [0.15, 0.2) is 0 Å². The minimum atomic E-state index is -0.318. The van der Waals surface area contributed by atoms with E-state index < -0.39 is 0 Å². The largest absolute Gasteiger partial charge is 0.462 e. The van der Waals surface area contributed by atoms with E-state index in [1.54, 1.807) is 4.90 Å². The fourth-order valence-corrected chi connectivity index (χ4v) is 3.77. The summed E-state index contributed by atoms with van der Waals surface area (Å²) in [6.45, 7) is 10.2. The molecular formula is C18H29ClN2O3S. The van der Waals surface area contributed by atoms with Gasteiger partial charge >= 0.3 is 0 Å². The second-order valence-electron chi connectivity index (χ2n) is 7.19. The standard InChI is InChI=1S/C13H19ClN2OS.C5H10O2/c1-10(8-11-4-6-15-7-5-11)16(9-17)13-3-2-12(14)18-13;1-5(2,3)7-4-6/h2-3,9-11,15H,4-8H2,1H3;4H,1-3H3. The molecule has 1 amide bonds. The Balaban J connectivity index is 0.000000381. The molecule has 2 heterocycles. The average molecular weight is 389 g/mol. The first-order valence-electron chi connectivity index (χ1n) is 8.58. The summed E-state index contributed by atoms with van der Waals surface area (Å²) in [6.07, 6.45) is 4.41. The quantitative estimate of drug-likeness (QED) is 0.745. The summed E-state index contributed by atoms with van der Waals surface area (Å²) in [4.78, 5) is 22.7. The molecule has 1 unspecified atom stereocenters. The van der Waals surface area contributed by atoms with Crippen LogP contribution < -0.4 is 10.2 Å². The predicted molar refractivity (Wildman–Crippen MR) is 104 cm³/mol. The number of rotatable bonds is 6. The molecule has 1 atom stereocenters. The summed E-state index contributed by atoms with van der Waals surface area (Å²) in [5, 5.41) is 4.31. The molecule has 1 aromatic heterocycles. The average Bonchev–Trinajstić information content (AvgIpc) is 2.94. The Morgan fingerprint density at radius 2 is 2.00 bits per heavy atom. The summed E-state index contributed by atoms with van der Waals surface area (Å²) in [7, 11) is 0. The monoisotopic (exact) mass is 388 g/mol. The smallest absolute Gasteiger partial charge is 0.293 e. The van der Waals surface area contributed by atoms with Crippen molar-refractivity contribution >= 4 is 40.8 Å². The van der Waals surface area contributed by atoms with E-state index in [9.17, 15) is 9.59 Å². The van der Waals surface area contributed by atoms with Gasteiger partial charge in [-0.3, -0.25) is 9.59 Å². The minimum absolute atomic E-state index is 0.236. The van der Waals surface area contributed by atoms with Gasteiger partial charge < -0.3 is 15.0 Å². The zero-order valence-electron chi connectivity index (χ0n) is 15.5. The minimum Gasteiger partial charge on any atom is -0.462 e. The van der Waals surface area contributed by atoms with Crippen LogP contribution in [0.25, 0.3) is 0 Å². The number of amides is 1. The van der Waals surface area contributed by atoms with Gasteiger partial charge in [-0.25, -0.2) is 0 Å². The van der Waals surface area contributed by atoms with Gasteiger partial charge in [0.2, 0.25) is 6.41 Å². The molecule has 1 aromatic rings. The van der Waals surface area contributed by atoms with Crippen molar-refractivity contribution in [1.82, 2.24) is 5.32 Å². The number of nitrogens with one attached hydrogen (secondary N) is 1. The zero-order chi connectivity index (χ0) is 18.9. The highest BCUT2D eigenvalue weighted by atomic mass is 35.5. The van der Waals surface area contributed by atoms with Crippen molar-refractivity contribution in [2.45, 2.75) is 58.6 Å². The molecule has 0 bridgehead atoms. The number of anilines is 1. The molecule has 5 nitrogen and oxygen atoms in total. The van der Waals surface area contributed by atoms with Gasteiger partial charge in [-0.2, -0.15) is 0 Å². The normalized spacial score (nSPS) is 16.4. The molecule has 0 saturated carbocycles. The van der Waals surface area contributed by atoms with Crippen LogP contribution in [0.5, 0.6) is 0 Å². The van der Waals surface area contributed by atoms with E-state index in [0.29, 0.717) is 6.47 Å². The Labute approximate surface area is 159 Å². The summed E-state index contributed by atoms with van der Waals surface area (Å²) >= 11 is 7.38. The molecule has 1 aliphatic rings. The third-order valence-corrected chi connectivity index (χ3v) is 5.18. The summed E-state index contributed by atoms with van der Waals surface area (Å²) < 4.78 is 5.28. The van der Waals surface area contributed by atoms with E-state index in [1.165, 1.54) is 24.2 Å². The number of ether oxygens (including phenoxy) is 1. The molecule has 1 N–H and O–H groups in total. The van der Waals surface area contributed by atoms with E-state index >= 15 is 0 Å². The van der Waals surface area contributed by atoms with Gasteiger partial charge in [-0.1, -0.05) is 11.6 Å². The lowest BCUT2D eigenvalue weighted by molar-refractivity contribution is -0.138. The summed E-state index contributed by atoms with van der Waals surface area (Å²) in [6, 6.07) is 4.00. The lowest BCUT2D eigenvalue weighted by Crippen LogP contribution is -2.36. The molecule has 0 spiro atoms. The first-order valence-corrected chi connectivity index (χ1v) is 9.77. The van der Waals surface area contributed by atoms with Crippen molar-refractivity contribution in [3.05, 3.63) is 16.5 Å². The highest BCUT2D eigenvalue weighted by Gasteiger charge is 2.21. The van der Waals surface area contributed by atoms with E-state index in [4.69, 9.17) is 11.6 Å². The number of carbonyl (C=O) groups is 2. The maximum absolute atomic E-state index is 11.3. The summed E-state index contributed by atoms with van der Waals surface area (Å²) in [5.41, 5.74) is -0.318. The predicted octanol–water partition coefficient (Wildman–Crippen LogP) is 4.10. The number of carbonyl (C=O) groups excluding carboxylic acids is 2. The maximum atomic E-state index is 11.3. The molecule has 142 valence electrons. The Morgan fingerprint density at radius 1 is 1.36 bits per heavy atom. The number of hydrogen-bond acceptors (Lipinski definition) is 5. The topological polar surface area (TPSA) is 58.6 Å². The third kappa shape index (κ3) is 8.70. The van der Waals surface area contributed by atoms with Crippen LogP contribution in [0.2, 0.25) is 4.34 Å². The van der Waals surface area contributed by atoms with Crippen LogP contribution in [0, 0.1) is 5.92 Å². The lowest BCUT2D eigenvalue weighted by atomic mass is 9.91. The molecule has 0 radical (unpaired) electrons. The van der Waals surface area contributed by atoms with Crippen molar-refractivity contribution < 1.29 is 14.3 Å². The Morgan fingerprint density at radius 3 is 2.40 bits per heavy atom. The fourth-order valence-electron chi connectivity index (χ4n) is 2.67. The van der Waals surface area contributed by atoms with Crippen molar-refractivity contribution in [3.63, 3.8) is 0 Å². The number of hydrogen-bond donors (Lipinski definition) is 1. The molecule has 1 fully saturated rings. The van der Waals surface area contributed by atoms with Crippen LogP contribution in [0.1, 0.15) is 47.0 Å². The summed E-state index contributed by atoms with van der Waals surface area (Å²) in [5.74, 6) is 0.721. The third-order valence-electron chi connectivity index (χ3n) is 3.94. The lowest BCUT2D eigenvalue weighted by Gasteiger charge is -2.30. The van der Waals surface area contributed by atoms with E-state index in [1.807, 2.05) is 32.9 Å². The van der Waals surface area contributed by atoms with Crippen molar-refractivity contribution in [3.8, 4) is 0 Å². The number of halogens is 1. The van der Waals surface area contributed by atoms with Crippen molar-refractivity contribution in [2.24, 2.45) is 5.92 Å². The van der Waals surface area contributed by atoms with Gasteiger partial charge in [0.25, 0.3) is 6.47 Å². The van der Waals surface area contributed by atoms with Gasteiger partial charge in [0.1, 0.15) is 5.60 Å². The van der Waals surface area contributed by atoms with E-state index in [0.717, 1.165) is 41.2 Å². The molecule has 0 aliphatic carbocycles. The molecule has 1 saturated heterocycles. The van der Waals surface area contributed by atoms with Crippen LogP contribution in [0.4, 0.5) is 5.00 Å². The number of thiophene rings is 1. The van der Waals surface area contributed by atoms with Gasteiger partial charge in [0.05, 0.1) is 9.34 Å². The van der Waals surface area contributed by atoms with Crippen LogP contribution in [-0.4, -0.2) is 37.6 Å². The molecular weight excluding hydrogens is 360 g/mol. The SMILES string of the molecule is CC(C)(C)OC=O.CC(CC1CCNCC1)N(C=O)c1ccc(Cl)s1. The fraction of sp³-hybridized carbons (Fsp3) is 0.667. The second-order valence-corrected chi connectivity index (χ2v) is 8.89. The van der Waals surface area contributed by atoms with Gasteiger partial charge in [0, 0.05) is 6.04 Å². The van der Waals surface area contributed by atoms with Crippen molar-refractivity contribution in [1.29, 1.82) is 0 Å². The van der Waals surface area contributed by atoms with E-state index in [2.05, 4.69) is 17.0 Å². The van der Waals surface area contributed by atoms with Gasteiger partial charge in [-0.05, 0) is 78.1 Å². The Kier molecular flexibility index (Phi) is 9.46. The van der Waals surface area contributed by atoms with Crippen LogP contribution >= 0.6 is 22.9 Å². The van der Waals surface area contributed by atoms with Gasteiger partial charge in [-0.15, -0.1) is 11.3 Å². The number of piperidine rings is 1. The zero-order valence-corrected chi connectivity index (χ0v) is 17.0. The van der Waals surface area contributed by atoms with Crippen LogP contribution in [0.3, 0.4) is 0 Å².